The van der Waals surface area contributed by atoms with Gasteiger partial charge in [0.05, 0.1) is 0 Å². The first-order valence-corrected chi connectivity index (χ1v) is 7.31. The fourth-order valence-corrected chi connectivity index (χ4v) is 2.90. The van der Waals surface area contributed by atoms with Gasteiger partial charge in [-0.1, -0.05) is 27.7 Å². The number of hydrogen-bond donors (Lipinski definition) is 1. The predicted molar refractivity (Wildman–Crippen MR) is 76.4 cm³/mol. The molecule has 1 N–H and O–H groups in total. The Labute approximate surface area is 108 Å². The Kier molecular flexibility index (Phi) is 5.46. The summed E-state index contributed by atoms with van der Waals surface area (Å²) in [6.07, 6.45) is 5.41. The molecule has 1 rings (SSSR count). The van der Waals surface area contributed by atoms with Crippen molar-refractivity contribution in [2.75, 3.05) is 13.6 Å². The maximum absolute atomic E-state index is 3.58. The van der Waals surface area contributed by atoms with E-state index in [9.17, 15) is 0 Å². The van der Waals surface area contributed by atoms with Crippen LogP contribution in [0.25, 0.3) is 0 Å². The van der Waals surface area contributed by atoms with Crippen LogP contribution < -0.4 is 5.32 Å². The summed E-state index contributed by atoms with van der Waals surface area (Å²) in [5.41, 5.74) is 0.382. The molecule has 0 heterocycles. The molecule has 0 saturated heterocycles. The Bertz CT molecular complexity index is 211. The highest BCUT2D eigenvalue weighted by Gasteiger charge is 2.30. The van der Waals surface area contributed by atoms with Gasteiger partial charge in [0, 0.05) is 18.1 Å². The molecule has 0 aromatic carbocycles. The van der Waals surface area contributed by atoms with Crippen molar-refractivity contribution in [3.8, 4) is 0 Å². The van der Waals surface area contributed by atoms with Gasteiger partial charge in [0.2, 0.25) is 0 Å². The molecule has 2 nitrogen and oxygen atoms in total. The molecule has 1 atom stereocenters. The monoisotopic (exact) mass is 240 g/mol. The fraction of sp³-hybridized carbons (Fsp3) is 1.00. The second-order valence-electron chi connectivity index (χ2n) is 6.77. The Balaban J connectivity index is 2.43. The van der Waals surface area contributed by atoms with Gasteiger partial charge in [-0.25, -0.2) is 0 Å². The molecule has 0 bridgehead atoms. The Morgan fingerprint density at radius 1 is 1.18 bits per heavy atom. The lowest BCUT2D eigenvalue weighted by atomic mass is 9.83. The van der Waals surface area contributed by atoms with Gasteiger partial charge >= 0.3 is 0 Å². The minimum atomic E-state index is 0.382. The third kappa shape index (κ3) is 4.26. The van der Waals surface area contributed by atoms with Gasteiger partial charge in [0.15, 0.2) is 0 Å². The van der Waals surface area contributed by atoms with Gasteiger partial charge in [-0.05, 0) is 51.6 Å². The number of nitrogens with one attached hydrogen (secondary N) is 1. The minimum absolute atomic E-state index is 0.382. The van der Waals surface area contributed by atoms with Crippen LogP contribution >= 0.6 is 0 Å². The summed E-state index contributed by atoms with van der Waals surface area (Å²) in [4.78, 5) is 2.61. The molecule has 1 fully saturated rings. The van der Waals surface area contributed by atoms with Crippen molar-refractivity contribution in [3.05, 3.63) is 0 Å². The van der Waals surface area contributed by atoms with Crippen LogP contribution in [-0.2, 0) is 0 Å². The van der Waals surface area contributed by atoms with Crippen LogP contribution in [0.3, 0.4) is 0 Å². The quantitative estimate of drug-likeness (QED) is 0.811. The van der Waals surface area contributed by atoms with Gasteiger partial charge in [-0.15, -0.1) is 0 Å². The van der Waals surface area contributed by atoms with E-state index in [0.29, 0.717) is 11.5 Å². The minimum Gasteiger partial charge on any atom is -0.314 e. The van der Waals surface area contributed by atoms with Crippen molar-refractivity contribution in [1.82, 2.24) is 10.2 Å². The van der Waals surface area contributed by atoms with E-state index in [1.165, 1.54) is 25.7 Å². The van der Waals surface area contributed by atoms with Crippen LogP contribution in [0.15, 0.2) is 0 Å². The highest BCUT2D eigenvalue weighted by molar-refractivity contribution is 4.86. The second kappa shape index (κ2) is 6.19. The van der Waals surface area contributed by atoms with E-state index in [2.05, 4.69) is 51.9 Å². The molecular weight excluding hydrogens is 208 g/mol. The van der Waals surface area contributed by atoms with E-state index in [1.54, 1.807) is 0 Å². The molecule has 0 amide bonds. The van der Waals surface area contributed by atoms with Crippen LogP contribution in [0.4, 0.5) is 0 Å². The average molecular weight is 240 g/mol. The van der Waals surface area contributed by atoms with Crippen molar-refractivity contribution in [2.24, 2.45) is 5.41 Å². The molecule has 1 aliphatic carbocycles. The number of nitrogens with zero attached hydrogens (tertiary/aromatic N) is 1. The number of rotatable bonds is 4. The lowest BCUT2D eigenvalue weighted by Crippen LogP contribution is -2.48. The fourth-order valence-electron chi connectivity index (χ4n) is 2.90. The SMILES string of the molecule is CCNC1CCC(N(C)C(C)C(C)(C)C)CC1. The molecule has 0 aliphatic heterocycles. The van der Waals surface area contributed by atoms with Crippen molar-refractivity contribution < 1.29 is 0 Å². The van der Waals surface area contributed by atoms with E-state index < -0.39 is 0 Å². The molecule has 1 unspecified atom stereocenters. The van der Waals surface area contributed by atoms with Crippen LogP contribution in [0.5, 0.6) is 0 Å². The molecule has 1 saturated carbocycles. The van der Waals surface area contributed by atoms with Crippen molar-refractivity contribution >= 4 is 0 Å². The zero-order valence-electron chi connectivity index (χ0n) is 12.7. The van der Waals surface area contributed by atoms with E-state index in [1.807, 2.05) is 0 Å². The third-order valence-electron chi connectivity index (χ3n) is 4.63. The van der Waals surface area contributed by atoms with E-state index in [0.717, 1.165) is 18.6 Å². The predicted octanol–water partition coefficient (Wildman–Crippen LogP) is 3.27. The lowest BCUT2D eigenvalue weighted by Gasteiger charge is -2.43. The van der Waals surface area contributed by atoms with Crippen LogP contribution in [0.1, 0.15) is 60.3 Å². The largest absolute Gasteiger partial charge is 0.314 e. The molecule has 0 aromatic heterocycles. The van der Waals surface area contributed by atoms with E-state index in [-0.39, 0.29) is 0 Å². The highest BCUT2D eigenvalue weighted by Crippen LogP contribution is 2.29. The molecule has 0 aromatic rings. The smallest absolute Gasteiger partial charge is 0.0115 e. The lowest BCUT2D eigenvalue weighted by molar-refractivity contribution is 0.0727. The Hall–Kier alpha value is -0.0800. The van der Waals surface area contributed by atoms with Gasteiger partial charge in [-0.2, -0.15) is 0 Å². The van der Waals surface area contributed by atoms with E-state index in [4.69, 9.17) is 0 Å². The molecule has 0 radical (unpaired) electrons. The third-order valence-corrected chi connectivity index (χ3v) is 4.63. The van der Waals surface area contributed by atoms with Gasteiger partial charge in [0.1, 0.15) is 0 Å². The van der Waals surface area contributed by atoms with Gasteiger partial charge in [-0.3, -0.25) is 0 Å². The first-order valence-electron chi connectivity index (χ1n) is 7.31. The zero-order valence-corrected chi connectivity index (χ0v) is 12.7. The summed E-state index contributed by atoms with van der Waals surface area (Å²) in [6, 6.07) is 2.22. The van der Waals surface area contributed by atoms with Crippen molar-refractivity contribution in [1.29, 1.82) is 0 Å². The summed E-state index contributed by atoms with van der Waals surface area (Å²) in [7, 11) is 2.31. The van der Waals surface area contributed by atoms with Gasteiger partial charge < -0.3 is 10.2 Å². The molecule has 2 heteroatoms. The standard InChI is InChI=1S/C15H32N2/c1-7-16-13-8-10-14(11-9-13)17(6)12(2)15(3,4)5/h12-14,16H,7-11H2,1-6H3. The Morgan fingerprint density at radius 2 is 1.71 bits per heavy atom. The molecule has 1 aliphatic rings. The maximum atomic E-state index is 3.58. The summed E-state index contributed by atoms with van der Waals surface area (Å²) in [5, 5.41) is 3.58. The molecule has 0 spiro atoms. The number of hydrogen-bond acceptors (Lipinski definition) is 2. The van der Waals surface area contributed by atoms with E-state index >= 15 is 0 Å². The van der Waals surface area contributed by atoms with Crippen molar-refractivity contribution in [3.63, 3.8) is 0 Å². The molecular formula is C15H32N2. The van der Waals surface area contributed by atoms with Crippen molar-refractivity contribution in [2.45, 2.75) is 78.4 Å². The summed E-state index contributed by atoms with van der Waals surface area (Å²) in [6.45, 7) is 12.7. The first-order chi connectivity index (χ1) is 7.86. The highest BCUT2D eigenvalue weighted by atomic mass is 15.2. The normalized spacial score (nSPS) is 28.4. The Morgan fingerprint density at radius 3 is 2.12 bits per heavy atom. The van der Waals surface area contributed by atoms with Crippen LogP contribution in [-0.4, -0.2) is 36.6 Å². The maximum Gasteiger partial charge on any atom is 0.0115 e. The van der Waals surface area contributed by atoms with Crippen LogP contribution in [0.2, 0.25) is 0 Å². The molecule has 102 valence electrons. The summed E-state index contributed by atoms with van der Waals surface area (Å²) < 4.78 is 0. The summed E-state index contributed by atoms with van der Waals surface area (Å²) in [5.74, 6) is 0. The topological polar surface area (TPSA) is 15.3 Å². The van der Waals surface area contributed by atoms with Gasteiger partial charge in [0.25, 0.3) is 0 Å². The summed E-state index contributed by atoms with van der Waals surface area (Å²) >= 11 is 0. The first kappa shape index (κ1) is 15.0. The zero-order chi connectivity index (χ0) is 13.1. The average Bonchev–Trinajstić information content (AvgIpc) is 2.27. The second-order valence-corrected chi connectivity index (χ2v) is 6.77. The molecule has 17 heavy (non-hydrogen) atoms. The van der Waals surface area contributed by atoms with Crippen LogP contribution in [0, 0.1) is 5.41 Å².